The zero-order chi connectivity index (χ0) is 20.2. The number of hydrogen-bond acceptors (Lipinski definition) is 6. The van der Waals surface area contributed by atoms with E-state index in [1.807, 2.05) is 31.2 Å². The van der Waals surface area contributed by atoms with Gasteiger partial charge in [0.15, 0.2) is 0 Å². The first-order chi connectivity index (χ1) is 12.8. The van der Waals surface area contributed by atoms with Gasteiger partial charge in [0, 0.05) is 24.7 Å². The van der Waals surface area contributed by atoms with Crippen molar-refractivity contribution in [2.75, 3.05) is 26.3 Å². The minimum atomic E-state index is -1.82. The van der Waals surface area contributed by atoms with Gasteiger partial charge in [0.05, 0.1) is 24.9 Å². The summed E-state index contributed by atoms with van der Waals surface area (Å²) in [6, 6.07) is 7.57. The molecule has 3 unspecified atom stereocenters. The van der Waals surface area contributed by atoms with Crippen LogP contribution < -0.4 is 5.32 Å². The first-order valence-electron chi connectivity index (χ1n) is 8.63. The molecule has 1 aliphatic rings. The zero-order valence-corrected chi connectivity index (χ0v) is 15.9. The standard InChI is InChI=1S/C16H24ClNO3.C2H2O4/c1-12(13-4-6-14(17)7-5-13)21-11-15(19)9-18-10-16-3-2-8-20-16;3-1(4)2(5)6/h4-7,12,15-16,18-19H,2-3,8-11H2,1H3;(H,3,4)(H,5,6). The molecule has 0 aliphatic carbocycles. The second-order valence-corrected chi connectivity index (χ2v) is 6.52. The molecule has 0 saturated carbocycles. The first-order valence-corrected chi connectivity index (χ1v) is 9.01. The molecule has 27 heavy (non-hydrogen) atoms. The molecule has 4 N–H and O–H groups in total. The van der Waals surface area contributed by atoms with Gasteiger partial charge in [0.2, 0.25) is 0 Å². The number of aliphatic carboxylic acids is 2. The lowest BCUT2D eigenvalue weighted by Gasteiger charge is -2.18. The largest absolute Gasteiger partial charge is 0.473 e. The number of nitrogens with one attached hydrogen (secondary N) is 1. The number of halogens is 1. The van der Waals surface area contributed by atoms with Crippen LogP contribution >= 0.6 is 11.6 Å². The van der Waals surface area contributed by atoms with Gasteiger partial charge in [-0.2, -0.15) is 0 Å². The Morgan fingerprint density at radius 1 is 1.30 bits per heavy atom. The SMILES string of the molecule is CC(OCC(O)CNCC1CCCO1)c1ccc(Cl)cc1.O=C(O)C(=O)O. The summed E-state index contributed by atoms with van der Waals surface area (Å²) in [7, 11) is 0. The minimum absolute atomic E-state index is 0.0601. The molecule has 0 aromatic heterocycles. The van der Waals surface area contributed by atoms with E-state index >= 15 is 0 Å². The van der Waals surface area contributed by atoms with Crippen molar-refractivity contribution in [1.82, 2.24) is 5.32 Å². The van der Waals surface area contributed by atoms with E-state index in [2.05, 4.69) is 5.32 Å². The Labute approximate surface area is 163 Å². The minimum Gasteiger partial charge on any atom is -0.473 e. The van der Waals surface area contributed by atoms with Crippen LogP contribution in [0.4, 0.5) is 0 Å². The van der Waals surface area contributed by atoms with Gasteiger partial charge in [0.1, 0.15) is 0 Å². The summed E-state index contributed by atoms with van der Waals surface area (Å²) in [5.74, 6) is -3.65. The average molecular weight is 404 g/mol. The molecule has 8 nitrogen and oxygen atoms in total. The Morgan fingerprint density at radius 3 is 2.44 bits per heavy atom. The molecule has 1 aromatic rings. The van der Waals surface area contributed by atoms with E-state index < -0.39 is 18.0 Å². The van der Waals surface area contributed by atoms with Crippen LogP contribution in [0.3, 0.4) is 0 Å². The molecular formula is C18H26ClNO7. The Kier molecular flexibility index (Phi) is 10.9. The molecule has 0 spiro atoms. The van der Waals surface area contributed by atoms with Gasteiger partial charge < -0.3 is 30.1 Å². The van der Waals surface area contributed by atoms with E-state index in [9.17, 15) is 5.11 Å². The number of carbonyl (C=O) groups is 2. The summed E-state index contributed by atoms with van der Waals surface area (Å²) in [5.41, 5.74) is 1.05. The maximum absolute atomic E-state index is 9.91. The van der Waals surface area contributed by atoms with Crippen LogP contribution in [0.15, 0.2) is 24.3 Å². The number of rotatable bonds is 8. The Balaban J connectivity index is 0.000000527. The second-order valence-electron chi connectivity index (χ2n) is 6.08. The van der Waals surface area contributed by atoms with Crippen molar-refractivity contribution in [2.45, 2.75) is 38.1 Å². The number of benzene rings is 1. The molecule has 1 aliphatic heterocycles. The monoisotopic (exact) mass is 403 g/mol. The van der Waals surface area contributed by atoms with Crippen molar-refractivity contribution in [1.29, 1.82) is 0 Å². The van der Waals surface area contributed by atoms with Crippen molar-refractivity contribution in [3.8, 4) is 0 Å². The average Bonchev–Trinajstić information content (AvgIpc) is 3.14. The van der Waals surface area contributed by atoms with Crippen molar-refractivity contribution in [2.24, 2.45) is 0 Å². The molecule has 2 rings (SSSR count). The molecule has 1 aromatic carbocycles. The third-order valence-corrected chi connectivity index (χ3v) is 4.09. The highest BCUT2D eigenvalue weighted by molar-refractivity contribution is 6.30. The van der Waals surface area contributed by atoms with E-state index in [0.717, 1.165) is 31.6 Å². The van der Waals surface area contributed by atoms with Gasteiger partial charge in [-0.05, 0) is 37.5 Å². The third kappa shape index (κ3) is 10.3. The van der Waals surface area contributed by atoms with E-state index in [0.29, 0.717) is 24.3 Å². The van der Waals surface area contributed by atoms with E-state index in [1.165, 1.54) is 0 Å². The summed E-state index contributed by atoms with van der Waals surface area (Å²) in [4.78, 5) is 18.2. The fourth-order valence-corrected chi connectivity index (χ4v) is 2.49. The Bertz CT molecular complexity index is 564. The van der Waals surface area contributed by atoms with Gasteiger partial charge in [-0.1, -0.05) is 23.7 Å². The highest BCUT2D eigenvalue weighted by atomic mass is 35.5. The normalized spacial score (nSPS) is 18.3. The lowest BCUT2D eigenvalue weighted by atomic mass is 10.1. The molecule has 1 saturated heterocycles. The number of carboxylic acid groups (broad SMARTS) is 2. The highest BCUT2D eigenvalue weighted by Crippen LogP contribution is 2.19. The quantitative estimate of drug-likeness (QED) is 0.483. The van der Waals surface area contributed by atoms with E-state index in [4.69, 9.17) is 40.9 Å². The smallest absolute Gasteiger partial charge is 0.414 e. The van der Waals surface area contributed by atoms with Crippen LogP contribution in [0.25, 0.3) is 0 Å². The summed E-state index contributed by atoms with van der Waals surface area (Å²) in [5, 5.41) is 28.6. The Morgan fingerprint density at radius 2 is 1.93 bits per heavy atom. The van der Waals surface area contributed by atoms with Crippen molar-refractivity contribution >= 4 is 23.5 Å². The van der Waals surface area contributed by atoms with Gasteiger partial charge >= 0.3 is 11.9 Å². The highest BCUT2D eigenvalue weighted by Gasteiger charge is 2.15. The molecule has 0 bridgehead atoms. The number of ether oxygens (including phenoxy) is 2. The van der Waals surface area contributed by atoms with E-state index in [-0.39, 0.29) is 6.10 Å². The summed E-state index contributed by atoms with van der Waals surface area (Å²) in [6.45, 7) is 4.45. The van der Waals surface area contributed by atoms with Crippen LogP contribution in [0.1, 0.15) is 31.4 Å². The molecule has 0 radical (unpaired) electrons. The van der Waals surface area contributed by atoms with Crippen LogP contribution in [0.2, 0.25) is 5.02 Å². The summed E-state index contributed by atoms with van der Waals surface area (Å²) >= 11 is 5.86. The third-order valence-electron chi connectivity index (χ3n) is 3.84. The fraction of sp³-hybridized carbons (Fsp3) is 0.556. The fourth-order valence-electron chi connectivity index (χ4n) is 2.36. The van der Waals surface area contributed by atoms with Gasteiger partial charge in [-0.3, -0.25) is 0 Å². The predicted octanol–water partition coefficient (Wildman–Crippen LogP) is 1.70. The van der Waals surface area contributed by atoms with Crippen molar-refractivity contribution in [3.63, 3.8) is 0 Å². The first kappa shape index (κ1) is 23.3. The van der Waals surface area contributed by atoms with Crippen molar-refractivity contribution < 1.29 is 34.4 Å². The maximum Gasteiger partial charge on any atom is 0.414 e. The topological polar surface area (TPSA) is 125 Å². The molecule has 1 heterocycles. The maximum atomic E-state index is 9.91. The molecule has 9 heteroatoms. The number of aliphatic hydroxyl groups is 1. The van der Waals surface area contributed by atoms with Crippen LogP contribution in [-0.2, 0) is 19.1 Å². The predicted molar refractivity (Wildman–Crippen MR) is 98.9 cm³/mol. The van der Waals surface area contributed by atoms with Crippen LogP contribution in [0.5, 0.6) is 0 Å². The van der Waals surface area contributed by atoms with Crippen molar-refractivity contribution in [3.05, 3.63) is 34.9 Å². The van der Waals surface area contributed by atoms with Gasteiger partial charge in [-0.15, -0.1) is 0 Å². The molecule has 1 fully saturated rings. The lowest BCUT2D eigenvalue weighted by molar-refractivity contribution is -0.159. The molecular weight excluding hydrogens is 378 g/mol. The second kappa shape index (κ2) is 12.6. The number of hydrogen-bond donors (Lipinski definition) is 4. The number of carboxylic acids is 2. The van der Waals surface area contributed by atoms with Gasteiger partial charge in [0.25, 0.3) is 0 Å². The Hall–Kier alpha value is -1.71. The molecule has 152 valence electrons. The van der Waals surface area contributed by atoms with E-state index in [1.54, 1.807) is 0 Å². The van der Waals surface area contributed by atoms with Crippen LogP contribution in [0, 0.1) is 0 Å². The summed E-state index contributed by atoms with van der Waals surface area (Å²) < 4.78 is 11.2. The summed E-state index contributed by atoms with van der Waals surface area (Å²) in [6.07, 6.45) is 1.96. The lowest BCUT2D eigenvalue weighted by Crippen LogP contribution is -2.35. The molecule has 3 atom stereocenters. The molecule has 0 amide bonds. The van der Waals surface area contributed by atoms with Crippen LogP contribution in [-0.4, -0.2) is 65.8 Å². The van der Waals surface area contributed by atoms with Gasteiger partial charge in [-0.25, -0.2) is 9.59 Å². The number of aliphatic hydroxyl groups excluding tert-OH is 1. The zero-order valence-electron chi connectivity index (χ0n) is 15.1.